The molecular weight excluding hydrogens is 572 g/mol. The number of nitrogens with zero attached hydrogens (tertiary/aromatic N) is 3. The van der Waals surface area contributed by atoms with Crippen LogP contribution in [0.5, 0.6) is 11.5 Å². The van der Waals surface area contributed by atoms with E-state index < -0.39 is 64.4 Å². The van der Waals surface area contributed by atoms with Crippen molar-refractivity contribution in [3.8, 4) is 23.0 Å². The number of ether oxygens (including phenoxy) is 2. The summed E-state index contributed by atoms with van der Waals surface area (Å²) >= 11 is 0. The zero-order valence-corrected chi connectivity index (χ0v) is 24.4. The molecule has 2 fully saturated rings. The summed E-state index contributed by atoms with van der Waals surface area (Å²) in [4.78, 5) is 75.7. The van der Waals surface area contributed by atoms with Crippen LogP contribution in [0.25, 0.3) is 22.6 Å². The van der Waals surface area contributed by atoms with Gasteiger partial charge in [-0.15, -0.1) is 0 Å². The highest BCUT2D eigenvalue weighted by atomic mass is 16.7. The maximum atomic E-state index is 14.4. The van der Waals surface area contributed by atoms with Gasteiger partial charge in [0.1, 0.15) is 5.52 Å². The Hall–Kier alpha value is -4.62. The summed E-state index contributed by atoms with van der Waals surface area (Å²) in [6.07, 6.45) is 0.267. The van der Waals surface area contributed by atoms with Gasteiger partial charge in [0.05, 0.1) is 17.5 Å². The summed E-state index contributed by atoms with van der Waals surface area (Å²) < 4.78 is 17.1. The van der Waals surface area contributed by atoms with Crippen molar-refractivity contribution < 1.29 is 43.0 Å². The molecule has 13 nitrogen and oxygen atoms in total. The molecule has 1 amide bonds. The molecule has 4 aliphatic rings. The molecule has 44 heavy (non-hydrogen) atoms. The van der Waals surface area contributed by atoms with Crippen LogP contribution in [-0.4, -0.2) is 90.7 Å². The average Bonchev–Trinajstić information content (AvgIpc) is 3.60. The van der Waals surface area contributed by atoms with Crippen molar-refractivity contribution in [3.05, 3.63) is 35.4 Å². The van der Waals surface area contributed by atoms with Gasteiger partial charge in [0, 0.05) is 31.3 Å². The van der Waals surface area contributed by atoms with Crippen molar-refractivity contribution in [1.29, 1.82) is 0 Å². The third-order valence-electron chi connectivity index (χ3n) is 9.52. The predicted molar refractivity (Wildman–Crippen MR) is 153 cm³/mol. The molecule has 0 radical (unpaired) electrons. The lowest BCUT2D eigenvalue weighted by Gasteiger charge is -2.52. The molecule has 3 aromatic rings. The molecule has 7 rings (SSSR count). The largest absolute Gasteiger partial charge is 0.454 e. The third kappa shape index (κ3) is 3.65. The van der Waals surface area contributed by atoms with Crippen molar-refractivity contribution in [2.75, 3.05) is 39.9 Å². The van der Waals surface area contributed by atoms with E-state index in [1.807, 2.05) is 25.1 Å². The van der Waals surface area contributed by atoms with E-state index in [1.165, 1.54) is 4.90 Å². The van der Waals surface area contributed by atoms with E-state index in [0.717, 1.165) is 0 Å². The quantitative estimate of drug-likeness (QED) is 0.401. The van der Waals surface area contributed by atoms with Gasteiger partial charge in [-0.05, 0) is 62.7 Å². The number of Topliss-reactive ketones (excluding diaryl/α,β-unsaturated/α-hetero) is 4. The van der Waals surface area contributed by atoms with Gasteiger partial charge in [-0.25, -0.2) is 4.98 Å². The summed E-state index contributed by atoms with van der Waals surface area (Å²) in [5.41, 5.74) is 5.32. The van der Waals surface area contributed by atoms with Gasteiger partial charge in [0.25, 0.3) is 0 Å². The molecule has 2 saturated carbocycles. The first kappa shape index (κ1) is 28.2. The fraction of sp³-hybridized carbons (Fsp3) is 0.419. The molecule has 1 aliphatic heterocycles. The number of hydrogen-bond acceptors (Lipinski definition) is 12. The Bertz CT molecular complexity index is 1830. The van der Waals surface area contributed by atoms with Crippen LogP contribution in [-0.2, 0) is 25.6 Å². The van der Waals surface area contributed by atoms with Crippen molar-refractivity contribution >= 4 is 45.8 Å². The number of carbonyl (C=O) groups excluding carboxylic acids is 5. The number of anilines is 1. The van der Waals surface area contributed by atoms with E-state index >= 15 is 0 Å². The van der Waals surface area contributed by atoms with Gasteiger partial charge >= 0.3 is 0 Å². The van der Waals surface area contributed by atoms with E-state index in [1.54, 1.807) is 32.3 Å². The third-order valence-corrected chi connectivity index (χ3v) is 9.52. The van der Waals surface area contributed by atoms with Crippen LogP contribution in [0, 0.1) is 23.7 Å². The molecule has 2 heterocycles. The second kappa shape index (κ2) is 9.44. The number of aliphatic hydroxyl groups is 1. The van der Waals surface area contributed by atoms with E-state index in [0.29, 0.717) is 33.8 Å². The molecule has 1 aromatic heterocycles. The topological polar surface area (TPSA) is 183 Å². The van der Waals surface area contributed by atoms with E-state index in [2.05, 4.69) is 4.98 Å². The first-order chi connectivity index (χ1) is 20.8. The minimum absolute atomic E-state index is 0.0215. The zero-order valence-electron chi connectivity index (χ0n) is 24.4. The van der Waals surface area contributed by atoms with Crippen molar-refractivity contribution in [3.63, 3.8) is 0 Å². The van der Waals surface area contributed by atoms with Gasteiger partial charge in [0.2, 0.25) is 18.6 Å². The number of primary amides is 1. The number of amides is 1. The lowest BCUT2D eigenvalue weighted by molar-refractivity contribution is -0.181. The standard InChI is InChI=1S/C31H30N4O9/c1-34(2)17-10-16-26(44-30(33-16)12-5-6-18-19(9-12)43-11-42-18)21-14(17)7-13-8-15-23(35(3)4)25(37)22(29(32)40)28(39)31(15,41)27(38)20(13)24(21)36/h5-6,9-10,13,15,20,22-23,41H,7-8,11H2,1-4H3,(H2,32,40)/t13-,15-,20?,22?,23-,31-/m0/s1. The van der Waals surface area contributed by atoms with E-state index in [9.17, 15) is 29.1 Å². The van der Waals surface area contributed by atoms with Crippen molar-refractivity contribution in [1.82, 2.24) is 9.88 Å². The molecule has 0 spiro atoms. The number of hydrogen-bond donors (Lipinski definition) is 2. The summed E-state index contributed by atoms with van der Waals surface area (Å²) in [6.45, 7) is 0.0937. The number of oxazole rings is 1. The Labute approximate surface area is 250 Å². The molecule has 0 saturated heterocycles. The molecule has 3 N–H and O–H groups in total. The Morgan fingerprint density at radius 2 is 1.77 bits per heavy atom. The zero-order chi connectivity index (χ0) is 31.4. The minimum atomic E-state index is -2.74. The monoisotopic (exact) mass is 602 g/mol. The minimum Gasteiger partial charge on any atom is -0.454 e. The number of carbonyl (C=O) groups is 5. The Balaban J connectivity index is 1.38. The fourth-order valence-corrected chi connectivity index (χ4v) is 7.59. The molecule has 13 heteroatoms. The van der Waals surface area contributed by atoms with Gasteiger partial charge in [-0.2, -0.15) is 0 Å². The summed E-state index contributed by atoms with van der Waals surface area (Å²) in [5, 5.41) is 11.9. The number of nitrogens with two attached hydrogens (primary N) is 1. The smallest absolute Gasteiger partial charge is 0.235 e. The highest BCUT2D eigenvalue weighted by Crippen LogP contribution is 2.52. The van der Waals surface area contributed by atoms with Crippen LogP contribution < -0.4 is 20.1 Å². The first-order valence-corrected chi connectivity index (χ1v) is 14.2. The highest BCUT2D eigenvalue weighted by Gasteiger charge is 2.69. The maximum Gasteiger partial charge on any atom is 0.235 e. The van der Waals surface area contributed by atoms with Gasteiger partial charge < -0.3 is 29.6 Å². The molecule has 6 atom stereocenters. The van der Waals surface area contributed by atoms with Crippen LogP contribution >= 0.6 is 0 Å². The Morgan fingerprint density at radius 3 is 2.45 bits per heavy atom. The van der Waals surface area contributed by atoms with Crippen LogP contribution in [0.1, 0.15) is 22.3 Å². The Morgan fingerprint density at radius 1 is 1.05 bits per heavy atom. The maximum absolute atomic E-state index is 14.4. The van der Waals surface area contributed by atoms with E-state index in [4.69, 9.17) is 19.6 Å². The Kier molecular flexibility index (Phi) is 6.04. The lowest BCUT2D eigenvalue weighted by atomic mass is 9.52. The molecular formula is C31H30N4O9. The number of rotatable bonds is 4. The van der Waals surface area contributed by atoms with Crippen LogP contribution in [0.2, 0.25) is 0 Å². The SMILES string of the molecule is CN(C)c1cc2nc(-c3ccc4c(c3)OCO4)oc2c2c1C[C@H]1C[C@H]3[C@H](N(C)C)C(=O)C(C(N)=O)C(=O)[C@@]3(O)C(=O)C1C2=O. The average molecular weight is 603 g/mol. The molecule has 2 unspecified atom stereocenters. The van der Waals surface area contributed by atoms with Gasteiger partial charge in [0.15, 0.2) is 51.7 Å². The van der Waals surface area contributed by atoms with Gasteiger partial charge in [-0.1, -0.05) is 0 Å². The number of likely N-dealkylation sites (N-methyl/N-ethyl adjacent to an activating group) is 1. The van der Waals surface area contributed by atoms with Gasteiger partial charge in [-0.3, -0.25) is 28.9 Å². The van der Waals surface area contributed by atoms with Crippen LogP contribution in [0.4, 0.5) is 5.69 Å². The van der Waals surface area contributed by atoms with E-state index in [-0.39, 0.29) is 36.7 Å². The lowest BCUT2D eigenvalue weighted by Crippen LogP contribution is -2.74. The summed E-state index contributed by atoms with van der Waals surface area (Å²) in [5.74, 6) is -8.77. The van der Waals surface area contributed by atoms with Crippen molar-refractivity contribution in [2.45, 2.75) is 24.5 Å². The molecule has 0 bridgehead atoms. The fourth-order valence-electron chi connectivity index (χ4n) is 7.59. The number of aromatic nitrogens is 1. The van der Waals surface area contributed by atoms with Crippen LogP contribution in [0.3, 0.4) is 0 Å². The summed E-state index contributed by atoms with van der Waals surface area (Å²) in [6, 6.07) is 5.88. The molecule has 3 aliphatic carbocycles. The van der Waals surface area contributed by atoms with Crippen LogP contribution in [0.15, 0.2) is 28.7 Å². The second-order valence-electron chi connectivity index (χ2n) is 12.4. The number of benzene rings is 2. The normalized spacial score (nSPS) is 29.1. The number of ketones is 4. The molecule has 2 aromatic carbocycles. The first-order valence-electron chi connectivity index (χ1n) is 14.2. The highest BCUT2D eigenvalue weighted by molar-refractivity contribution is 6.32. The molecule has 228 valence electrons. The van der Waals surface area contributed by atoms with Crippen molar-refractivity contribution in [2.24, 2.45) is 29.4 Å². The summed E-state index contributed by atoms with van der Waals surface area (Å²) in [7, 11) is 6.78. The number of fused-ring (bicyclic) bond motifs is 6. The second-order valence-corrected chi connectivity index (χ2v) is 12.4. The predicted octanol–water partition coefficient (Wildman–Crippen LogP) is 0.764.